The third-order valence-corrected chi connectivity index (χ3v) is 6.67. The molecule has 0 aliphatic heterocycles. The second-order valence-electron chi connectivity index (χ2n) is 7.75. The molecular formula is C26H22F3N3OS. The van der Waals surface area contributed by atoms with Crippen LogP contribution in [0, 0.1) is 13.8 Å². The van der Waals surface area contributed by atoms with Crippen molar-refractivity contribution in [1.82, 2.24) is 4.98 Å². The van der Waals surface area contributed by atoms with Crippen LogP contribution < -0.4 is 10.6 Å². The molecule has 0 fully saturated rings. The molecule has 8 heteroatoms. The maximum atomic E-state index is 13.7. The highest BCUT2D eigenvalue weighted by atomic mass is 32.1. The molecule has 0 saturated heterocycles. The number of nitrogens with zero attached hydrogens (tertiary/aromatic N) is 1. The average Bonchev–Trinajstić information content (AvgIpc) is 3.11. The lowest BCUT2D eigenvalue weighted by Gasteiger charge is -2.24. The number of pyridine rings is 1. The van der Waals surface area contributed by atoms with Crippen LogP contribution in [0.3, 0.4) is 0 Å². The van der Waals surface area contributed by atoms with Crippen molar-refractivity contribution in [2.24, 2.45) is 0 Å². The standard InChI is InChI=1S/C26H22F3N3OS/c1-16-17(2)34-25(32-24(33)18-9-4-3-5-10-18)22(16)23(19-11-8-14-30-15-19)31-21-13-7-6-12-20(21)26(27,28)29/h3-15,23,31H,1-2H3,(H,32,33). The van der Waals surface area contributed by atoms with Crippen LogP contribution in [-0.4, -0.2) is 10.9 Å². The lowest BCUT2D eigenvalue weighted by molar-refractivity contribution is -0.137. The molecule has 0 saturated carbocycles. The van der Waals surface area contributed by atoms with Crippen LogP contribution in [0.5, 0.6) is 0 Å². The predicted molar refractivity (Wildman–Crippen MR) is 129 cm³/mol. The fourth-order valence-corrected chi connectivity index (χ4v) is 4.82. The molecule has 0 aliphatic carbocycles. The molecule has 2 N–H and O–H groups in total. The van der Waals surface area contributed by atoms with E-state index in [1.807, 2.05) is 19.9 Å². The van der Waals surface area contributed by atoms with Crippen molar-refractivity contribution in [2.45, 2.75) is 26.1 Å². The Morgan fingerprint density at radius 1 is 0.971 bits per heavy atom. The number of carbonyl (C=O) groups is 1. The molecule has 0 spiro atoms. The van der Waals surface area contributed by atoms with Gasteiger partial charge in [-0.15, -0.1) is 11.3 Å². The van der Waals surface area contributed by atoms with Gasteiger partial charge in [0.15, 0.2) is 0 Å². The lowest BCUT2D eigenvalue weighted by atomic mass is 9.96. The number of nitrogens with one attached hydrogen (secondary N) is 2. The van der Waals surface area contributed by atoms with E-state index >= 15 is 0 Å². The van der Waals surface area contributed by atoms with E-state index < -0.39 is 17.8 Å². The molecule has 0 bridgehead atoms. The molecule has 1 amide bonds. The van der Waals surface area contributed by atoms with Crippen molar-refractivity contribution in [2.75, 3.05) is 10.6 Å². The molecule has 4 rings (SSSR count). The smallest absolute Gasteiger partial charge is 0.373 e. The van der Waals surface area contributed by atoms with Crippen molar-refractivity contribution < 1.29 is 18.0 Å². The highest BCUT2D eigenvalue weighted by Gasteiger charge is 2.34. The first-order valence-corrected chi connectivity index (χ1v) is 11.4. The van der Waals surface area contributed by atoms with Crippen LogP contribution in [-0.2, 0) is 6.18 Å². The third-order valence-electron chi connectivity index (χ3n) is 5.53. The molecule has 4 nitrogen and oxygen atoms in total. The molecule has 0 aliphatic rings. The summed E-state index contributed by atoms with van der Waals surface area (Å²) in [5, 5.41) is 6.63. The number of aryl methyl sites for hydroxylation is 1. The molecular weight excluding hydrogens is 459 g/mol. The van der Waals surface area contributed by atoms with Crippen molar-refractivity contribution in [3.8, 4) is 0 Å². The fourth-order valence-electron chi connectivity index (χ4n) is 3.73. The minimum Gasteiger partial charge on any atom is -0.373 e. The number of para-hydroxylation sites is 1. The van der Waals surface area contributed by atoms with Gasteiger partial charge >= 0.3 is 6.18 Å². The summed E-state index contributed by atoms with van der Waals surface area (Å²) in [7, 11) is 0. The van der Waals surface area contributed by atoms with Gasteiger partial charge in [-0.05, 0) is 55.3 Å². The summed E-state index contributed by atoms with van der Waals surface area (Å²) in [6.45, 7) is 3.83. The molecule has 2 heterocycles. The van der Waals surface area contributed by atoms with Gasteiger partial charge in [0.25, 0.3) is 5.91 Å². The first-order chi connectivity index (χ1) is 16.3. The Hall–Kier alpha value is -3.65. The van der Waals surface area contributed by atoms with Crippen LogP contribution in [0.1, 0.15) is 43.5 Å². The number of alkyl halides is 3. The normalized spacial score (nSPS) is 12.3. The van der Waals surface area contributed by atoms with Crippen molar-refractivity contribution >= 4 is 27.9 Å². The Labute approximate surface area is 199 Å². The van der Waals surface area contributed by atoms with Crippen molar-refractivity contribution in [3.63, 3.8) is 0 Å². The van der Waals surface area contributed by atoms with Gasteiger partial charge in [-0.3, -0.25) is 9.78 Å². The Kier molecular flexibility index (Phi) is 6.70. The number of rotatable bonds is 6. The van der Waals surface area contributed by atoms with E-state index in [9.17, 15) is 18.0 Å². The second-order valence-corrected chi connectivity index (χ2v) is 8.98. The van der Waals surface area contributed by atoms with Crippen LogP contribution in [0.15, 0.2) is 79.1 Å². The van der Waals surface area contributed by atoms with E-state index in [0.717, 1.165) is 16.5 Å². The molecule has 2 aromatic carbocycles. The van der Waals surface area contributed by atoms with Crippen molar-refractivity contribution in [1.29, 1.82) is 0 Å². The minimum absolute atomic E-state index is 0.0487. The number of carbonyl (C=O) groups excluding carboxylic acids is 1. The number of thiophene rings is 1. The number of hydrogen-bond acceptors (Lipinski definition) is 4. The number of hydrogen-bond donors (Lipinski definition) is 2. The van der Waals surface area contributed by atoms with Gasteiger partial charge in [0.05, 0.1) is 11.6 Å². The summed E-state index contributed by atoms with van der Waals surface area (Å²) in [4.78, 5) is 18.0. The average molecular weight is 482 g/mol. The first-order valence-electron chi connectivity index (χ1n) is 10.5. The van der Waals surface area contributed by atoms with Crippen LogP contribution in [0.4, 0.5) is 23.9 Å². The highest BCUT2D eigenvalue weighted by Crippen LogP contribution is 2.43. The molecule has 2 aromatic heterocycles. The van der Waals surface area contributed by atoms with E-state index in [1.165, 1.54) is 23.5 Å². The van der Waals surface area contributed by atoms with E-state index in [4.69, 9.17) is 0 Å². The zero-order valence-corrected chi connectivity index (χ0v) is 19.3. The van der Waals surface area contributed by atoms with Crippen molar-refractivity contribution in [3.05, 3.63) is 112 Å². The van der Waals surface area contributed by atoms with Gasteiger partial charge in [0, 0.05) is 34.1 Å². The predicted octanol–water partition coefficient (Wildman–Crippen LogP) is 7.23. The Morgan fingerprint density at radius 3 is 2.35 bits per heavy atom. The number of amides is 1. The number of halogens is 3. The summed E-state index contributed by atoms with van der Waals surface area (Å²) in [6, 6.07) is 17.0. The van der Waals surface area contributed by atoms with Crippen LogP contribution >= 0.6 is 11.3 Å². The maximum Gasteiger partial charge on any atom is 0.418 e. The zero-order valence-electron chi connectivity index (χ0n) is 18.5. The lowest BCUT2D eigenvalue weighted by Crippen LogP contribution is -2.19. The van der Waals surface area contributed by atoms with Gasteiger partial charge in [0.2, 0.25) is 0 Å². The summed E-state index contributed by atoms with van der Waals surface area (Å²) in [5.74, 6) is -0.288. The maximum absolute atomic E-state index is 13.7. The Balaban J connectivity index is 1.81. The van der Waals surface area contributed by atoms with Gasteiger partial charge in [-0.25, -0.2) is 0 Å². The number of aromatic nitrogens is 1. The topological polar surface area (TPSA) is 54.0 Å². The van der Waals surface area contributed by atoms with E-state index in [1.54, 1.807) is 54.9 Å². The number of anilines is 2. The van der Waals surface area contributed by atoms with E-state index in [0.29, 0.717) is 21.7 Å². The molecule has 174 valence electrons. The number of benzene rings is 2. The molecule has 0 radical (unpaired) electrons. The van der Waals surface area contributed by atoms with Gasteiger partial charge in [-0.2, -0.15) is 13.2 Å². The summed E-state index contributed by atoms with van der Waals surface area (Å²) in [6.07, 6.45) is -1.30. The Morgan fingerprint density at radius 2 is 1.68 bits per heavy atom. The Bertz CT molecular complexity index is 1290. The third kappa shape index (κ3) is 4.97. The molecule has 34 heavy (non-hydrogen) atoms. The van der Waals surface area contributed by atoms with Crippen LogP contribution in [0.25, 0.3) is 0 Å². The van der Waals surface area contributed by atoms with Gasteiger partial charge in [-0.1, -0.05) is 36.4 Å². The second kappa shape index (κ2) is 9.69. The largest absolute Gasteiger partial charge is 0.418 e. The SMILES string of the molecule is Cc1sc(NC(=O)c2ccccc2)c(C(Nc2ccccc2C(F)(F)F)c2cccnc2)c1C. The van der Waals surface area contributed by atoms with E-state index in [2.05, 4.69) is 15.6 Å². The molecule has 1 unspecified atom stereocenters. The molecule has 4 aromatic rings. The summed E-state index contributed by atoms with van der Waals surface area (Å²) >= 11 is 1.39. The van der Waals surface area contributed by atoms with Gasteiger partial charge in [0.1, 0.15) is 5.00 Å². The fraction of sp³-hybridized carbons (Fsp3) is 0.154. The van der Waals surface area contributed by atoms with Crippen LogP contribution in [0.2, 0.25) is 0 Å². The van der Waals surface area contributed by atoms with E-state index in [-0.39, 0.29) is 11.6 Å². The summed E-state index contributed by atoms with van der Waals surface area (Å²) in [5.41, 5.74) is 1.95. The monoisotopic (exact) mass is 481 g/mol. The summed E-state index contributed by atoms with van der Waals surface area (Å²) < 4.78 is 41.2. The zero-order chi connectivity index (χ0) is 24.3. The van der Waals surface area contributed by atoms with Gasteiger partial charge < -0.3 is 10.6 Å². The highest BCUT2D eigenvalue weighted by molar-refractivity contribution is 7.16. The quantitative estimate of drug-likeness (QED) is 0.305. The minimum atomic E-state index is -4.52. The molecule has 1 atom stereocenters. The first kappa shape index (κ1) is 23.5.